The van der Waals surface area contributed by atoms with Crippen LogP contribution in [0.15, 0.2) is 23.1 Å². The molecule has 1 aromatic rings. The summed E-state index contributed by atoms with van der Waals surface area (Å²) < 4.78 is 30.2. The van der Waals surface area contributed by atoms with Gasteiger partial charge in [-0.1, -0.05) is 0 Å². The smallest absolute Gasteiger partial charge is 0.325 e. The van der Waals surface area contributed by atoms with Crippen LogP contribution >= 0.6 is 0 Å². The minimum absolute atomic E-state index is 0.0569. The van der Waals surface area contributed by atoms with E-state index in [1.807, 2.05) is 0 Å². The average molecular weight is 330 g/mol. The lowest BCUT2D eigenvalue weighted by Crippen LogP contribution is -2.38. The molecule has 1 aromatic carbocycles. The molecule has 0 aliphatic carbocycles. The number of carbonyl (C=O) groups is 2. The minimum atomic E-state index is -3.72. The molecule has 0 spiro atoms. The van der Waals surface area contributed by atoms with Gasteiger partial charge >= 0.3 is 5.97 Å². The molecular weight excluding hydrogens is 312 g/mol. The molecule has 122 valence electrons. The maximum absolute atomic E-state index is 12.1. The Labute approximate surface area is 128 Å². The number of benzene rings is 1. The highest BCUT2D eigenvalue weighted by Gasteiger charge is 2.23. The van der Waals surface area contributed by atoms with Gasteiger partial charge < -0.3 is 15.2 Å². The first-order valence-corrected chi connectivity index (χ1v) is 7.69. The topological polar surface area (TPSA) is 113 Å². The summed E-state index contributed by atoms with van der Waals surface area (Å²) in [5.41, 5.74) is -0.0569. The molecule has 0 aliphatic rings. The van der Waals surface area contributed by atoms with Crippen molar-refractivity contribution < 1.29 is 27.9 Å². The van der Waals surface area contributed by atoms with E-state index in [1.54, 1.807) is 0 Å². The number of carboxylic acid groups (broad SMARTS) is 1. The molecule has 0 heterocycles. The van der Waals surface area contributed by atoms with E-state index in [9.17, 15) is 18.0 Å². The molecule has 0 aromatic heterocycles. The molecule has 22 heavy (non-hydrogen) atoms. The molecule has 0 aliphatic heterocycles. The zero-order valence-corrected chi connectivity index (χ0v) is 13.5. The van der Waals surface area contributed by atoms with Crippen molar-refractivity contribution in [2.45, 2.75) is 17.9 Å². The molecule has 1 atom stereocenters. The first kappa shape index (κ1) is 17.9. The lowest BCUT2D eigenvalue weighted by molar-refractivity contribution is -0.138. The molecule has 1 rings (SSSR count). The third-order valence-electron chi connectivity index (χ3n) is 2.91. The van der Waals surface area contributed by atoms with Gasteiger partial charge in [-0.2, -0.15) is 0 Å². The number of amides is 1. The first-order chi connectivity index (χ1) is 10.1. The van der Waals surface area contributed by atoms with Crippen molar-refractivity contribution in [2.24, 2.45) is 0 Å². The fraction of sp³-hybridized carbons (Fsp3) is 0.385. The van der Waals surface area contributed by atoms with E-state index in [1.165, 1.54) is 40.3 Å². The number of aliphatic carboxylic acids is 1. The number of methoxy groups -OCH3 is 1. The fourth-order valence-corrected chi connectivity index (χ4v) is 2.50. The monoisotopic (exact) mass is 330 g/mol. The van der Waals surface area contributed by atoms with Crippen molar-refractivity contribution in [3.63, 3.8) is 0 Å². The molecule has 0 bridgehead atoms. The van der Waals surface area contributed by atoms with Crippen molar-refractivity contribution in [3.05, 3.63) is 23.8 Å². The van der Waals surface area contributed by atoms with E-state index in [4.69, 9.17) is 9.84 Å². The fourth-order valence-electron chi connectivity index (χ4n) is 1.57. The zero-order chi connectivity index (χ0) is 17.1. The molecule has 0 saturated carbocycles. The molecule has 8 nitrogen and oxygen atoms in total. The quantitative estimate of drug-likeness (QED) is 0.767. The van der Waals surface area contributed by atoms with Crippen LogP contribution in [-0.2, 0) is 14.8 Å². The number of sulfonamides is 1. The van der Waals surface area contributed by atoms with Gasteiger partial charge in [0.1, 0.15) is 11.8 Å². The van der Waals surface area contributed by atoms with Crippen LogP contribution in [0.4, 0.5) is 0 Å². The van der Waals surface area contributed by atoms with Crippen molar-refractivity contribution in [2.75, 3.05) is 21.2 Å². The lowest BCUT2D eigenvalue weighted by Gasteiger charge is -2.15. The van der Waals surface area contributed by atoms with Gasteiger partial charge in [0.2, 0.25) is 10.0 Å². The largest absolute Gasteiger partial charge is 0.496 e. The maximum atomic E-state index is 12.1. The molecule has 0 unspecified atom stereocenters. The number of carboxylic acids is 1. The summed E-state index contributed by atoms with van der Waals surface area (Å²) in [5.74, 6) is -1.79. The van der Waals surface area contributed by atoms with Crippen LogP contribution in [0, 0.1) is 0 Å². The average Bonchev–Trinajstić information content (AvgIpc) is 2.45. The second-order valence-corrected chi connectivity index (χ2v) is 6.83. The zero-order valence-electron chi connectivity index (χ0n) is 12.7. The van der Waals surface area contributed by atoms with Crippen molar-refractivity contribution in [1.29, 1.82) is 0 Å². The summed E-state index contributed by atoms with van der Waals surface area (Å²) in [7, 11) is 0.339. The maximum Gasteiger partial charge on any atom is 0.325 e. The number of nitrogens with one attached hydrogen (secondary N) is 1. The van der Waals surface area contributed by atoms with Gasteiger partial charge in [0, 0.05) is 14.1 Å². The number of carbonyl (C=O) groups excluding carboxylic acids is 1. The Morgan fingerprint density at radius 1 is 1.32 bits per heavy atom. The van der Waals surface area contributed by atoms with Crippen LogP contribution in [-0.4, -0.2) is 57.0 Å². The Kier molecular flexibility index (Phi) is 5.50. The Morgan fingerprint density at radius 2 is 1.91 bits per heavy atom. The summed E-state index contributed by atoms with van der Waals surface area (Å²) >= 11 is 0. The normalized spacial score (nSPS) is 12.8. The summed E-state index contributed by atoms with van der Waals surface area (Å²) in [4.78, 5) is 22.8. The van der Waals surface area contributed by atoms with Gasteiger partial charge in [0.15, 0.2) is 0 Å². The predicted octanol–water partition coefficient (Wildman–Crippen LogP) is 0.148. The second kappa shape index (κ2) is 6.75. The highest BCUT2D eigenvalue weighted by Crippen LogP contribution is 2.23. The lowest BCUT2D eigenvalue weighted by atomic mass is 10.1. The third-order valence-corrected chi connectivity index (χ3v) is 4.72. The Morgan fingerprint density at radius 3 is 2.36 bits per heavy atom. The summed E-state index contributed by atoms with van der Waals surface area (Å²) in [6.07, 6.45) is 0. The van der Waals surface area contributed by atoms with Gasteiger partial charge in [-0.3, -0.25) is 9.59 Å². The van der Waals surface area contributed by atoms with Gasteiger partial charge in [-0.05, 0) is 25.1 Å². The molecule has 0 radical (unpaired) electrons. The van der Waals surface area contributed by atoms with E-state index in [0.717, 1.165) is 10.4 Å². The van der Waals surface area contributed by atoms with Gasteiger partial charge in [0.25, 0.3) is 5.91 Å². The summed E-state index contributed by atoms with van der Waals surface area (Å²) in [5, 5.41) is 11.1. The van der Waals surface area contributed by atoms with Crippen LogP contribution in [0.5, 0.6) is 5.75 Å². The SMILES string of the molecule is COc1ccc(S(=O)(=O)N(C)C)cc1C(=O)N[C@@H](C)C(=O)O. The standard InChI is InChI=1S/C13H18N2O6S/c1-8(13(17)18)14-12(16)10-7-9(5-6-11(10)21-4)22(19,20)15(2)3/h5-8H,1-4H3,(H,14,16)(H,17,18)/t8-/m0/s1. The third kappa shape index (κ3) is 3.74. The summed E-state index contributed by atoms with van der Waals surface area (Å²) in [6.45, 7) is 1.30. The van der Waals surface area contributed by atoms with Crippen molar-refractivity contribution >= 4 is 21.9 Å². The highest BCUT2D eigenvalue weighted by atomic mass is 32.2. The highest BCUT2D eigenvalue weighted by molar-refractivity contribution is 7.89. The first-order valence-electron chi connectivity index (χ1n) is 6.25. The van der Waals surface area contributed by atoms with E-state index in [-0.39, 0.29) is 16.2 Å². The molecule has 0 saturated heterocycles. The minimum Gasteiger partial charge on any atom is -0.496 e. The van der Waals surface area contributed by atoms with Crippen LogP contribution < -0.4 is 10.1 Å². The second-order valence-electron chi connectivity index (χ2n) is 4.68. The van der Waals surface area contributed by atoms with Crippen molar-refractivity contribution in [3.8, 4) is 5.75 Å². The number of ether oxygens (including phenoxy) is 1. The Bertz CT molecular complexity index is 684. The van der Waals surface area contributed by atoms with E-state index >= 15 is 0 Å². The molecule has 0 fully saturated rings. The molecular formula is C13H18N2O6S. The van der Waals surface area contributed by atoms with Crippen LogP contribution in [0.1, 0.15) is 17.3 Å². The van der Waals surface area contributed by atoms with E-state index in [0.29, 0.717) is 0 Å². The summed E-state index contributed by atoms with van der Waals surface area (Å²) in [6, 6.07) is 2.69. The van der Waals surface area contributed by atoms with Gasteiger partial charge in [0.05, 0.1) is 17.6 Å². The van der Waals surface area contributed by atoms with E-state index < -0.39 is 27.9 Å². The number of nitrogens with zero attached hydrogens (tertiary/aromatic N) is 1. The van der Waals surface area contributed by atoms with Gasteiger partial charge in [-0.25, -0.2) is 12.7 Å². The van der Waals surface area contributed by atoms with Crippen molar-refractivity contribution in [1.82, 2.24) is 9.62 Å². The Balaban J connectivity index is 3.28. The van der Waals surface area contributed by atoms with Crippen LogP contribution in [0.3, 0.4) is 0 Å². The van der Waals surface area contributed by atoms with E-state index in [2.05, 4.69) is 5.32 Å². The Hall–Kier alpha value is -2.13. The number of rotatable bonds is 6. The molecule has 2 N–H and O–H groups in total. The molecule has 1 amide bonds. The van der Waals surface area contributed by atoms with Gasteiger partial charge in [-0.15, -0.1) is 0 Å². The molecule has 9 heteroatoms. The number of hydrogen-bond donors (Lipinski definition) is 2. The van der Waals surface area contributed by atoms with Crippen LogP contribution in [0.2, 0.25) is 0 Å². The van der Waals surface area contributed by atoms with Crippen LogP contribution in [0.25, 0.3) is 0 Å². The predicted molar refractivity (Wildman–Crippen MR) is 78.4 cm³/mol. The number of hydrogen-bond acceptors (Lipinski definition) is 5.